The van der Waals surface area contributed by atoms with Gasteiger partial charge in [0.25, 0.3) is 0 Å². The Morgan fingerprint density at radius 3 is 2.47 bits per heavy atom. The zero-order chi connectivity index (χ0) is 11.6. The number of aliphatic hydroxyl groups is 1. The topological polar surface area (TPSA) is 20.2 Å². The smallest absolute Gasteiger partial charge is 0.0537 e. The Bertz CT molecular complexity index is 238. The highest BCUT2D eigenvalue weighted by Gasteiger charge is 2.33. The van der Waals surface area contributed by atoms with E-state index in [-0.39, 0.29) is 6.10 Å². The lowest BCUT2D eigenvalue weighted by Gasteiger charge is -2.29. The Balaban J connectivity index is 2.47. The van der Waals surface area contributed by atoms with Gasteiger partial charge in [-0.1, -0.05) is 39.3 Å². The number of rotatable bonds is 4. The first-order valence-electron chi connectivity index (χ1n) is 6.23. The Hall–Kier alpha value is -0.300. The van der Waals surface area contributed by atoms with Gasteiger partial charge in [0.2, 0.25) is 0 Å². The molecule has 88 valence electrons. The SMILES string of the molecule is CC(O)C(C)CCC1=CCC(C)C1(C)C. The molecular weight excluding hydrogens is 184 g/mol. The molecule has 0 aromatic heterocycles. The van der Waals surface area contributed by atoms with Crippen LogP contribution in [0.3, 0.4) is 0 Å². The van der Waals surface area contributed by atoms with Crippen molar-refractivity contribution in [2.24, 2.45) is 17.3 Å². The van der Waals surface area contributed by atoms with Gasteiger partial charge in [-0.3, -0.25) is 0 Å². The lowest BCUT2D eigenvalue weighted by molar-refractivity contribution is 0.129. The van der Waals surface area contributed by atoms with Crippen LogP contribution in [0.15, 0.2) is 11.6 Å². The van der Waals surface area contributed by atoms with E-state index in [2.05, 4.69) is 33.8 Å². The summed E-state index contributed by atoms with van der Waals surface area (Å²) in [4.78, 5) is 0. The molecule has 3 atom stereocenters. The molecule has 0 spiro atoms. The van der Waals surface area contributed by atoms with E-state index >= 15 is 0 Å². The van der Waals surface area contributed by atoms with Gasteiger partial charge in [0.05, 0.1) is 6.10 Å². The molecule has 0 aliphatic heterocycles. The molecule has 0 aromatic carbocycles. The maximum atomic E-state index is 9.46. The molecule has 0 aromatic rings. The van der Waals surface area contributed by atoms with Crippen LogP contribution in [0.1, 0.15) is 53.9 Å². The van der Waals surface area contributed by atoms with Gasteiger partial charge in [0, 0.05) is 0 Å². The predicted octanol–water partition coefficient (Wildman–Crippen LogP) is 3.78. The predicted molar refractivity (Wildman–Crippen MR) is 65.7 cm³/mol. The summed E-state index contributed by atoms with van der Waals surface area (Å²) in [7, 11) is 0. The van der Waals surface area contributed by atoms with Crippen LogP contribution in [-0.4, -0.2) is 11.2 Å². The molecule has 0 bridgehead atoms. The molecule has 1 aliphatic rings. The van der Waals surface area contributed by atoms with Crippen LogP contribution in [0, 0.1) is 17.3 Å². The summed E-state index contributed by atoms with van der Waals surface area (Å²) in [5.41, 5.74) is 1.97. The van der Waals surface area contributed by atoms with Gasteiger partial charge in [-0.2, -0.15) is 0 Å². The zero-order valence-corrected chi connectivity index (χ0v) is 10.9. The average Bonchev–Trinajstić information content (AvgIpc) is 2.39. The van der Waals surface area contributed by atoms with Crippen molar-refractivity contribution < 1.29 is 5.11 Å². The quantitative estimate of drug-likeness (QED) is 0.700. The van der Waals surface area contributed by atoms with Gasteiger partial charge < -0.3 is 5.11 Å². The van der Waals surface area contributed by atoms with Crippen molar-refractivity contribution in [1.29, 1.82) is 0 Å². The molecule has 15 heavy (non-hydrogen) atoms. The molecule has 0 saturated heterocycles. The minimum absolute atomic E-state index is 0.174. The third-order valence-corrected chi connectivity index (χ3v) is 4.47. The van der Waals surface area contributed by atoms with Gasteiger partial charge >= 0.3 is 0 Å². The van der Waals surface area contributed by atoms with Crippen LogP contribution < -0.4 is 0 Å². The van der Waals surface area contributed by atoms with Crippen molar-refractivity contribution >= 4 is 0 Å². The van der Waals surface area contributed by atoms with Crippen molar-refractivity contribution in [1.82, 2.24) is 0 Å². The lowest BCUT2D eigenvalue weighted by atomic mass is 9.76. The second kappa shape index (κ2) is 4.69. The van der Waals surface area contributed by atoms with E-state index in [9.17, 15) is 5.11 Å². The third kappa shape index (κ3) is 2.84. The first-order chi connectivity index (χ1) is 6.85. The molecule has 1 heteroatoms. The lowest BCUT2D eigenvalue weighted by Crippen LogP contribution is -2.20. The summed E-state index contributed by atoms with van der Waals surface area (Å²) >= 11 is 0. The van der Waals surface area contributed by atoms with Crippen molar-refractivity contribution in [3.05, 3.63) is 11.6 Å². The van der Waals surface area contributed by atoms with Gasteiger partial charge in [-0.05, 0) is 43.4 Å². The normalized spacial score (nSPS) is 28.7. The number of hydrogen-bond acceptors (Lipinski definition) is 1. The molecule has 1 rings (SSSR count). The van der Waals surface area contributed by atoms with Crippen LogP contribution in [0.25, 0.3) is 0 Å². The second-order valence-corrected chi connectivity index (χ2v) is 5.84. The Labute approximate surface area is 94.6 Å². The van der Waals surface area contributed by atoms with Crippen molar-refractivity contribution in [2.45, 2.75) is 60.0 Å². The van der Waals surface area contributed by atoms with Gasteiger partial charge in [0.1, 0.15) is 0 Å². The molecule has 0 heterocycles. The van der Waals surface area contributed by atoms with Gasteiger partial charge in [0.15, 0.2) is 0 Å². The van der Waals surface area contributed by atoms with E-state index in [4.69, 9.17) is 0 Å². The maximum Gasteiger partial charge on any atom is 0.0537 e. The molecule has 1 aliphatic carbocycles. The summed E-state index contributed by atoms with van der Waals surface area (Å²) < 4.78 is 0. The largest absolute Gasteiger partial charge is 0.393 e. The van der Waals surface area contributed by atoms with Crippen LogP contribution in [0.2, 0.25) is 0 Å². The molecule has 0 fully saturated rings. The molecule has 0 radical (unpaired) electrons. The van der Waals surface area contributed by atoms with Crippen LogP contribution in [0.4, 0.5) is 0 Å². The fourth-order valence-electron chi connectivity index (χ4n) is 2.24. The first-order valence-corrected chi connectivity index (χ1v) is 6.23. The minimum Gasteiger partial charge on any atom is -0.393 e. The number of allylic oxidation sites excluding steroid dienone is 2. The molecule has 1 N–H and O–H groups in total. The Morgan fingerprint density at radius 1 is 1.47 bits per heavy atom. The minimum atomic E-state index is -0.174. The molecular formula is C14H26O. The fraction of sp³-hybridized carbons (Fsp3) is 0.857. The second-order valence-electron chi connectivity index (χ2n) is 5.84. The van der Waals surface area contributed by atoms with Crippen molar-refractivity contribution in [3.8, 4) is 0 Å². The van der Waals surface area contributed by atoms with Crippen LogP contribution in [0.5, 0.6) is 0 Å². The molecule has 0 amide bonds. The summed E-state index contributed by atoms with van der Waals surface area (Å²) in [5, 5.41) is 9.46. The highest BCUT2D eigenvalue weighted by Crippen LogP contribution is 2.45. The summed E-state index contributed by atoms with van der Waals surface area (Å²) in [6, 6.07) is 0. The monoisotopic (exact) mass is 210 g/mol. The van der Waals surface area contributed by atoms with Crippen molar-refractivity contribution in [2.75, 3.05) is 0 Å². The fourth-order valence-corrected chi connectivity index (χ4v) is 2.24. The number of aliphatic hydroxyl groups excluding tert-OH is 1. The van der Waals surface area contributed by atoms with E-state index in [1.54, 1.807) is 5.57 Å². The van der Waals surface area contributed by atoms with E-state index in [1.807, 2.05) is 6.92 Å². The highest BCUT2D eigenvalue weighted by molar-refractivity contribution is 5.20. The summed E-state index contributed by atoms with van der Waals surface area (Å²) in [6.07, 6.45) is 5.74. The Morgan fingerprint density at radius 2 is 2.07 bits per heavy atom. The van der Waals surface area contributed by atoms with E-state index < -0.39 is 0 Å². The van der Waals surface area contributed by atoms with Gasteiger partial charge in [-0.25, -0.2) is 0 Å². The maximum absolute atomic E-state index is 9.46. The standard InChI is InChI=1S/C14H26O/c1-10(12(3)15)6-8-13-9-7-11(2)14(13,4)5/h9-12,15H,6-8H2,1-5H3. The summed E-state index contributed by atoms with van der Waals surface area (Å²) in [5.74, 6) is 1.19. The number of hydrogen-bond donors (Lipinski definition) is 1. The zero-order valence-electron chi connectivity index (χ0n) is 10.9. The van der Waals surface area contributed by atoms with E-state index in [0.717, 1.165) is 18.8 Å². The highest BCUT2D eigenvalue weighted by atomic mass is 16.3. The van der Waals surface area contributed by atoms with E-state index in [1.165, 1.54) is 6.42 Å². The van der Waals surface area contributed by atoms with Crippen LogP contribution in [-0.2, 0) is 0 Å². The van der Waals surface area contributed by atoms with Crippen LogP contribution >= 0.6 is 0 Å². The Kier molecular flexibility index (Phi) is 3.99. The molecule has 3 unspecified atom stereocenters. The first kappa shape index (κ1) is 12.8. The molecule has 1 nitrogen and oxygen atoms in total. The summed E-state index contributed by atoms with van der Waals surface area (Å²) in [6.45, 7) is 11.1. The molecule has 0 saturated carbocycles. The average molecular weight is 210 g/mol. The van der Waals surface area contributed by atoms with Gasteiger partial charge in [-0.15, -0.1) is 0 Å². The van der Waals surface area contributed by atoms with E-state index in [0.29, 0.717) is 11.3 Å². The third-order valence-electron chi connectivity index (χ3n) is 4.47. The van der Waals surface area contributed by atoms with Crippen molar-refractivity contribution in [3.63, 3.8) is 0 Å².